The van der Waals surface area contributed by atoms with Crippen LogP contribution in [0.3, 0.4) is 0 Å². The smallest absolute Gasteiger partial charge is 0.209 e. The van der Waals surface area contributed by atoms with Crippen LogP contribution in [-0.2, 0) is 6.54 Å². The fourth-order valence-electron chi connectivity index (χ4n) is 3.65. The van der Waals surface area contributed by atoms with Gasteiger partial charge in [0.1, 0.15) is 11.3 Å². The lowest BCUT2D eigenvalue weighted by Gasteiger charge is -2.25. The van der Waals surface area contributed by atoms with Crippen LogP contribution in [0, 0.1) is 11.8 Å². The maximum absolute atomic E-state index is 6.19. The highest BCUT2D eigenvalue weighted by molar-refractivity contribution is 6.35. The Bertz CT molecular complexity index is 1010. The van der Waals surface area contributed by atoms with E-state index >= 15 is 0 Å². The van der Waals surface area contributed by atoms with E-state index in [0.717, 1.165) is 61.6 Å². The number of nitrogens with two attached hydrogens (primary N) is 1. The van der Waals surface area contributed by atoms with Crippen molar-refractivity contribution in [3.63, 3.8) is 0 Å². The molecule has 0 atom stereocenters. The number of anilines is 3. The molecule has 0 bridgehead atoms. The Hall–Kier alpha value is -2.02. The topological polar surface area (TPSA) is 72.0 Å². The highest BCUT2D eigenvalue weighted by Crippen LogP contribution is 2.28. The number of aryl methyl sites for hydroxylation is 1. The molecule has 3 rings (SSSR count). The SMILES string of the molecule is CC(C)CCN(CCC(C)C)c1ccc2nc(Nc3cc(Cl)cc(Cl)c3)n(CCCN)c2n1. The summed E-state index contributed by atoms with van der Waals surface area (Å²) < 4.78 is 2.10. The summed E-state index contributed by atoms with van der Waals surface area (Å²) in [6, 6.07) is 9.52. The summed E-state index contributed by atoms with van der Waals surface area (Å²) in [5.74, 6) is 2.99. The molecule has 0 fully saturated rings. The minimum absolute atomic E-state index is 0.570. The lowest BCUT2D eigenvalue weighted by atomic mass is 10.1. The van der Waals surface area contributed by atoms with Crippen LogP contribution in [0.1, 0.15) is 47.0 Å². The molecule has 0 saturated heterocycles. The number of nitrogens with zero attached hydrogens (tertiary/aromatic N) is 4. The monoisotopic (exact) mass is 490 g/mol. The van der Waals surface area contributed by atoms with E-state index in [0.29, 0.717) is 34.4 Å². The Balaban J connectivity index is 1.98. The normalized spacial score (nSPS) is 11.7. The third-order valence-corrected chi connectivity index (χ3v) is 6.00. The van der Waals surface area contributed by atoms with Crippen molar-refractivity contribution in [2.45, 2.75) is 53.5 Å². The van der Waals surface area contributed by atoms with Crippen molar-refractivity contribution in [2.24, 2.45) is 17.6 Å². The van der Waals surface area contributed by atoms with E-state index in [2.05, 4.69) is 54.6 Å². The molecule has 1 aromatic carbocycles. The van der Waals surface area contributed by atoms with Crippen LogP contribution in [0.5, 0.6) is 0 Å². The number of hydrogen-bond acceptors (Lipinski definition) is 5. The van der Waals surface area contributed by atoms with Crippen LogP contribution in [-0.4, -0.2) is 34.2 Å². The fraction of sp³-hybridized carbons (Fsp3) is 0.520. The number of imidazole rings is 1. The van der Waals surface area contributed by atoms with Gasteiger partial charge in [-0.15, -0.1) is 0 Å². The number of benzene rings is 1. The average molecular weight is 492 g/mol. The second kappa shape index (κ2) is 11.9. The van der Waals surface area contributed by atoms with Gasteiger partial charge in [-0.3, -0.25) is 4.57 Å². The van der Waals surface area contributed by atoms with Gasteiger partial charge in [-0.2, -0.15) is 0 Å². The number of fused-ring (bicyclic) bond motifs is 1. The molecule has 8 heteroatoms. The van der Waals surface area contributed by atoms with Crippen molar-refractivity contribution in [3.8, 4) is 0 Å². The first-order chi connectivity index (χ1) is 15.8. The average Bonchev–Trinajstić information content (AvgIpc) is 3.07. The molecule has 180 valence electrons. The van der Waals surface area contributed by atoms with Gasteiger partial charge < -0.3 is 16.0 Å². The molecule has 3 aromatic rings. The van der Waals surface area contributed by atoms with Crippen molar-refractivity contribution in [2.75, 3.05) is 29.9 Å². The third-order valence-electron chi connectivity index (χ3n) is 5.56. The van der Waals surface area contributed by atoms with Gasteiger partial charge in [0.25, 0.3) is 0 Å². The van der Waals surface area contributed by atoms with Crippen molar-refractivity contribution >= 4 is 51.8 Å². The summed E-state index contributed by atoms with van der Waals surface area (Å²) in [5.41, 5.74) is 8.32. The number of halogens is 2. The number of pyridine rings is 1. The molecule has 0 radical (unpaired) electrons. The Morgan fingerprint density at radius 1 is 0.970 bits per heavy atom. The Morgan fingerprint density at radius 3 is 2.18 bits per heavy atom. The summed E-state index contributed by atoms with van der Waals surface area (Å²) in [4.78, 5) is 12.3. The third kappa shape index (κ3) is 7.23. The molecular weight excluding hydrogens is 455 g/mol. The van der Waals surface area contributed by atoms with Crippen LogP contribution in [0.25, 0.3) is 11.2 Å². The van der Waals surface area contributed by atoms with E-state index in [4.69, 9.17) is 38.9 Å². The number of nitrogens with one attached hydrogen (secondary N) is 1. The minimum Gasteiger partial charge on any atom is -0.357 e. The van der Waals surface area contributed by atoms with Gasteiger partial charge >= 0.3 is 0 Å². The van der Waals surface area contributed by atoms with E-state index in [-0.39, 0.29) is 0 Å². The molecule has 0 unspecified atom stereocenters. The molecule has 0 saturated carbocycles. The first-order valence-electron chi connectivity index (χ1n) is 11.8. The maximum atomic E-state index is 6.19. The molecule has 3 N–H and O–H groups in total. The van der Waals surface area contributed by atoms with Crippen LogP contribution in [0.2, 0.25) is 10.0 Å². The molecule has 0 amide bonds. The second-order valence-electron chi connectivity index (χ2n) is 9.38. The molecule has 0 aliphatic heterocycles. The Kier molecular flexibility index (Phi) is 9.24. The lowest BCUT2D eigenvalue weighted by molar-refractivity contribution is 0.533. The Labute approximate surface area is 207 Å². The summed E-state index contributed by atoms with van der Waals surface area (Å²) in [5, 5.41) is 4.51. The first kappa shape index (κ1) is 25.6. The molecule has 2 aromatic heterocycles. The number of hydrogen-bond donors (Lipinski definition) is 2. The quantitative estimate of drug-likeness (QED) is 0.294. The largest absolute Gasteiger partial charge is 0.357 e. The maximum Gasteiger partial charge on any atom is 0.209 e. The van der Waals surface area contributed by atoms with Crippen LogP contribution >= 0.6 is 23.2 Å². The zero-order valence-corrected chi connectivity index (χ0v) is 21.6. The van der Waals surface area contributed by atoms with Gasteiger partial charge in [-0.05, 0) is 68.0 Å². The molecule has 0 spiro atoms. The van der Waals surface area contributed by atoms with Crippen molar-refractivity contribution in [1.29, 1.82) is 0 Å². The molecule has 33 heavy (non-hydrogen) atoms. The lowest BCUT2D eigenvalue weighted by Crippen LogP contribution is -2.28. The number of aromatic nitrogens is 3. The second-order valence-corrected chi connectivity index (χ2v) is 10.2. The molecular formula is C25H36Cl2N6. The highest BCUT2D eigenvalue weighted by atomic mass is 35.5. The van der Waals surface area contributed by atoms with Crippen LogP contribution < -0.4 is 16.0 Å². The van der Waals surface area contributed by atoms with E-state index < -0.39 is 0 Å². The molecule has 0 aliphatic rings. The van der Waals surface area contributed by atoms with Crippen LogP contribution in [0.15, 0.2) is 30.3 Å². The van der Waals surface area contributed by atoms with E-state index in [1.54, 1.807) is 6.07 Å². The molecule has 6 nitrogen and oxygen atoms in total. The fourth-order valence-corrected chi connectivity index (χ4v) is 4.17. The van der Waals surface area contributed by atoms with Crippen molar-refractivity contribution in [3.05, 3.63) is 40.4 Å². The van der Waals surface area contributed by atoms with E-state index in [1.807, 2.05) is 12.1 Å². The summed E-state index contributed by atoms with van der Waals surface area (Å²) >= 11 is 12.4. The van der Waals surface area contributed by atoms with Crippen molar-refractivity contribution in [1.82, 2.24) is 14.5 Å². The van der Waals surface area contributed by atoms with Gasteiger partial charge in [0, 0.05) is 35.4 Å². The first-order valence-corrected chi connectivity index (χ1v) is 12.6. The minimum atomic E-state index is 0.570. The summed E-state index contributed by atoms with van der Waals surface area (Å²) in [6.45, 7) is 12.4. The summed E-state index contributed by atoms with van der Waals surface area (Å²) in [7, 11) is 0. The van der Waals surface area contributed by atoms with Gasteiger partial charge in [0.05, 0.1) is 0 Å². The van der Waals surface area contributed by atoms with E-state index in [9.17, 15) is 0 Å². The van der Waals surface area contributed by atoms with Crippen LogP contribution in [0.4, 0.5) is 17.5 Å². The zero-order chi connectivity index (χ0) is 24.0. The van der Waals surface area contributed by atoms with Gasteiger partial charge in [-0.25, -0.2) is 9.97 Å². The molecule has 0 aliphatic carbocycles. The van der Waals surface area contributed by atoms with Gasteiger partial charge in [0.2, 0.25) is 5.95 Å². The summed E-state index contributed by atoms with van der Waals surface area (Å²) in [6.07, 6.45) is 3.09. The van der Waals surface area contributed by atoms with E-state index in [1.165, 1.54) is 0 Å². The predicted octanol–water partition coefficient (Wildman–Crippen LogP) is 6.73. The Morgan fingerprint density at radius 2 is 1.61 bits per heavy atom. The van der Waals surface area contributed by atoms with Gasteiger partial charge in [-0.1, -0.05) is 50.9 Å². The van der Waals surface area contributed by atoms with Gasteiger partial charge in [0.15, 0.2) is 5.65 Å². The number of rotatable bonds is 12. The zero-order valence-electron chi connectivity index (χ0n) is 20.1. The highest BCUT2D eigenvalue weighted by Gasteiger charge is 2.16. The van der Waals surface area contributed by atoms with Crippen molar-refractivity contribution < 1.29 is 0 Å². The molecule has 2 heterocycles. The predicted molar refractivity (Wildman–Crippen MR) is 142 cm³/mol. The standard InChI is InChI=1S/C25H36Cl2N6/c1-17(2)8-12-32(13-9-18(3)4)23-7-6-22-24(31-23)33(11-5-10-28)25(30-22)29-21-15-19(26)14-20(27)16-21/h6-7,14-18H,5,8-13,28H2,1-4H3,(H,29,30).